The van der Waals surface area contributed by atoms with Crippen LogP contribution < -0.4 is 14.8 Å². The van der Waals surface area contributed by atoms with Crippen LogP contribution >= 0.6 is 0 Å². The van der Waals surface area contributed by atoms with E-state index in [2.05, 4.69) is 10.3 Å². The highest BCUT2D eigenvalue weighted by atomic mass is 16.5. The molecule has 4 atom stereocenters. The second-order valence-corrected chi connectivity index (χ2v) is 10.6. The number of hydrogen-bond acceptors (Lipinski definition) is 7. The number of Topliss-reactive ketones (excluding diaryl/α,β-unsaturated/α-hetero) is 2. The molecule has 208 valence electrons. The molecule has 0 bridgehead atoms. The number of benzene rings is 3. The van der Waals surface area contributed by atoms with Gasteiger partial charge in [0.1, 0.15) is 28.6 Å². The van der Waals surface area contributed by atoms with Gasteiger partial charge in [0.2, 0.25) is 11.7 Å². The van der Waals surface area contributed by atoms with Crippen molar-refractivity contribution in [1.82, 2.24) is 9.88 Å². The number of pyridine rings is 1. The minimum Gasteiger partial charge on any atom is -0.497 e. The number of rotatable bonds is 6. The second kappa shape index (κ2) is 9.69. The van der Waals surface area contributed by atoms with Crippen LogP contribution in [0.5, 0.6) is 11.5 Å². The number of anilines is 1. The van der Waals surface area contributed by atoms with Crippen LogP contribution in [0.4, 0.5) is 5.69 Å². The number of fused-ring (bicyclic) bond motifs is 6. The van der Waals surface area contributed by atoms with Gasteiger partial charge in [-0.2, -0.15) is 0 Å². The van der Waals surface area contributed by atoms with Gasteiger partial charge < -0.3 is 19.7 Å². The van der Waals surface area contributed by atoms with Crippen LogP contribution in [0.15, 0.2) is 97.3 Å². The molecular weight excluding hydrogens is 530 g/mol. The Morgan fingerprint density at radius 3 is 2.48 bits per heavy atom. The number of nitrogens with one attached hydrogen (secondary N) is 1. The number of nitrogens with zero attached hydrogens (tertiary/aromatic N) is 2. The van der Waals surface area contributed by atoms with Gasteiger partial charge in [-0.25, -0.2) is 0 Å². The Morgan fingerprint density at radius 2 is 1.69 bits per heavy atom. The fourth-order valence-electron chi connectivity index (χ4n) is 7.00. The fraction of sp³-hybridized carbons (Fsp3) is 0.176. The molecule has 3 aromatic carbocycles. The number of hydrogen-bond donors (Lipinski definition) is 1. The molecule has 0 radical (unpaired) electrons. The lowest BCUT2D eigenvalue weighted by molar-refractivity contribution is -0.122. The van der Waals surface area contributed by atoms with E-state index in [1.807, 2.05) is 65.7 Å². The number of ketones is 2. The Balaban J connectivity index is 1.54. The molecule has 1 saturated heterocycles. The minimum atomic E-state index is -1.44. The molecule has 1 aromatic heterocycles. The number of carbonyl (C=O) groups is 3. The van der Waals surface area contributed by atoms with E-state index in [0.717, 1.165) is 11.1 Å². The molecule has 1 N–H and O–H groups in total. The summed E-state index contributed by atoms with van der Waals surface area (Å²) in [5.41, 5.74) is 2.14. The lowest BCUT2D eigenvalue weighted by Crippen LogP contribution is -2.49. The van der Waals surface area contributed by atoms with E-state index in [4.69, 9.17) is 9.47 Å². The third kappa shape index (κ3) is 3.48. The number of aromatic nitrogens is 1. The summed E-state index contributed by atoms with van der Waals surface area (Å²) < 4.78 is 11.0. The molecule has 8 heteroatoms. The molecule has 1 fully saturated rings. The van der Waals surface area contributed by atoms with Gasteiger partial charge >= 0.3 is 0 Å². The zero-order chi connectivity index (χ0) is 29.0. The van der Waals surface area contributed by atoms with Gasteiger partial charge in [0.25, 0.3) is 0 Å². The van der Waals surface area contributed by atoms with Gasteiger partial charge in [0.05, 0.1) is 31.7 Å². The highest BCUT2D eigenvalue weighted by Crippen LogP contribution is 2.62. The van der Waals surface area contributed by atoms with E-state index in [1.54, 1.807) is 42.6 Å². The number of carbonyl (C=O) groups excluding carboxylic acids is 3. The van der Waals surface area contributed by atoms with Crippen molar-refractivity contribution in [1.29, 1.82) is 0 Å². The van der Waals surface area contributed by atoms with Crippen LogP contribution in [-0.2, 0) is 10.2 Å². The second-order valence-electron chi connectivity index (χ2n) is 10.6. The molecule has 0 unspecified atom stereocenters. The van der Waals surface area contributed by atoms with Crippen molar-refractivity contribution >= 4 is 29.2 Å². The molecule has 4 aromatic rings. The predicted molar refractivity (Wildman–Crippen MR) is 157 cm³/mol. The van der Waals surface area contributed by atoms with Crippen LogP contribution in [-0.4, -0.2) is 47.6 Å². The number of ether oxygens (including phenoxy) is 2. The average molecular weight is 558 g/mol. The van der Waals surface area contributed by atoms with Gasteiger partial charge in [-0.05, 0) is 53.1 Å². The van der Waals surface area contributed by atoms with Crippen molar-refractivity contribution in [3.05, 3.63) is 125 Å². The van der Waals surface area contributed by atoms with Crippen LogP contribution in [0.2, 0.25) is 0 Å². The van der Waals surface area contributed by atoms with Crippen molar-refractivity contribution in [3.63, 3.8) is 0 Å². The molecule has 3 aliphatic rings. The predicted octanol–water partition coefficient (Wildman–Crippen LogP) is 5.08. The molecule has 42 heavy (non-hydrogen) atoms. The van der Waals surface area contributed by atoms with Gasteiger partial charge in [-0.1, -0.05) is 48.5 Å². The Labute approximate surface area is 242 Å². The summed E-state index contributed by atoms with van der Waals surface area (Å²) in [5.74, 6) is -1.36. The summed E-state index contributed by atoms with van der Waals surface area (Å²) in [7, 11) is 3.01. The van der Waals surface area contributed by atoms with E-state index >= 15 is 4.79 Å². The number of amides is 1. The summed E-state index contributed by atoms with van der Waals surface area (Å²) in [6.45, 7) is 0. The molecule has 1 spiro atoms. The lowest BCUT2D eigenvalue weighted by atomic mass is 9.62. The van der Waals surface area contributed by atoms with E-state index in [0.29, 0.717) is 22.7 Å². The zero-order valence-corrected chi connectivity index (χ0v) is 23.0. The van der Waals surface area contributed by atoms with E-state index < -0.39 is 23.4 Å². The average Bonchev–Trinajstić information content (AvgIpc) is 3.52. The third-order valence-electron chi connectivity index (χ3n) is 8.71. The van der Waals surface area contributed by atoms with Crippen LogP contribution in [0.3, 0.4) is 0 Å². The smallest absolute Gasteiger partial charge is 0.238 e. The highest BCUT2D eigenvalue weighted by molar-refractivity contribution is 6.17. The number of para-hydroxylation sites is 1. The van der Waals surface area contributed by atoms with Crippen LogP contribution in [0.1, 0.15) is 43.6 Å². The van der Waals surface area contributed by atoms with Crippen molar-refractivity contribution < 1.29 is 23.9 Å². The summed E-state index contributed by atoms with van der Waals surface area (Å²) in [4.78, 5) is 50.3. The Kier molecular flexibility index (Phi) is 5.93. The third-order valence-corrected chi connectivity index (χ3v) is 8.71. The molecule has 3 aliphatic heterocycles. The Morgan fingerprint density at radius 1 is 0.905 bits per heavy atom. The first kappa shape index (κ1) is 25.7. The highest BCUT2D eigenvalue weighted by Gasteiger charge is 2.71. The van der Waals surface area contributed by atoms with E-state index in [9.17, 15) is 9.59 Å². The summed E-state index contributed by atoms with van der Waals surface area (Å²) in [6, 6.07) is 23.6. The zero-order valence-electron chi connectivity index (χ0n) is 23.0. The van der Waals surface area contributed by atoms with Crippen molar-refractivity contribution in [2.75, 3.05) is 19.5 Å². The SMILES string of the molecule is COc1ccc(C(=O)[C@@H]2[C@H](C(=O)c3ccccn3)N3C=Cc4ccccc4[C@@H]3[C@@]23C(=O)Nc2ccccc23)c(OC)c1. The maximum absolute atomic E-state index is 15.0. The number of methoxy groups -OCH3 is 2. The maximum atomic E-state index is 15.0. The molecule has 7 rings (SSSR count). The quantitative estimate of drug-likeness (QED) is 0.330. The summed E-state index contributed by atoms with van der Waals surface area (Å²) in [6.07, 6.45) is 5.32. The van der Waals surface area contributed by atoms with Gasteiger partial charge in [-0.3, -0.25) is 19.4 Å². The van der Waals surface area contributed by atoms with E-state index in [1.165, 1.54) is 14.2 Å². The van der Waals surface area contributed by atoms with Crippen LogP contribution in [0.25, 0.3) is 6.08 Å². The van der Waals surface area contributed by atoms with Crippen LogP contribution in [0, 0.1) is 5.92 Å². The van der Waals surface area contributed by atoms with Gasteiger partial charge in [0.15, 0.2) is 5.78 Å². The molecule has 8 nitrogen and oxygen atoms in total. The Bertz CT molecular complexity index is 1790. The van der Waals surface area contributed by atoms with Gasteiger partial charge in [0, 0.05) is 24.2 Å². The maximum Gasteiger partial charge on any atom is 0.238 e. The molecule has 1 amide bonds. The first-order valence-corrected chi connectivity index (χ1v) is 13.7. The molecule has 4 heterocycles. The van der Waals surface area contributed by atoms with Crippen molar-refractivity contribution in [2.45, 2.75) is 17.5 Å². The summed E-state index contributed by atoms with van der Waals surface area (Å²) in [5, 5.41) is 3.06. The topological polar surface area (TPSA) is 97.8 Å². The van der Waals surface area contributed by atoms with E-state index in [-0.39, 0.29) is 28.7 Å². The van der Waals surface area contributed by atoms with Gasteiger partial charge in [-0.15, -0.1) is 0 Å². The fourth-order valence-corrected chi connectivity index (χ4v) is 7.00. The normalized spacial score (nSPS) is 23.1. The first-order chi connectivity index (χ1) is 20.5. The molecular formula is C34H27N3O5. The molecule has 0 saturated carbocycles. The largest absolute Gasteiger partial charge is 0.497 e. The summed E-state index contributed by atoms with van der Waals surface area (Å²) >= 11 is 0. The first-order valence-electron chi connectivity index (χ1n) is 13.7. The molecule has 0 aliphatic carbocycles. The monoisotopic (exact) mass is 557 g/mol. The standard InChI is InChI=1S/C34H27N3O5/c1-41-21-14-15-23(27(19-21)42-2)30(38)28-29(31(39)26-13-7-8-17-35-26)37-18-16-20-9-3-4-10-22(20)32(37)34(28)24-11-5-6-12-25(24)36-33(34)40/h3-19,28-29,32H,1-2H3,(H,36,40)/t28-,29+,32+,34-/m0/s1. The Hall–Kier alpha value is -5.24. The van der Waals surface area contributed by atoms with Crippen molar-refractivity contribution in [3.8, 4) is 11.5 Å². The van der Waals surface area contributed by atoms with Crippen molar-refractivity contribution in [2.24, 2.45) is 5.92 Å². The lowest BCUT2D eigenvalue weighted by Gasteiger charge is -2.38. The minimum absolute atomic E-state index is 0.219.